The molecule has 1 aliphatic heterocycles. The van der Waals surface area contributed by atoms with Crippen LogP contribution < -0.4 is 11.1 Å². The first-order chi connectivity index (χ1) is 19.0. The van der Waals surface area contributed by atoms with Crippen LogP contribution in [0, 0.1) is 0 Å². The number of anilines is 2. The number of nitrogens with two attached hydrogens (primary N) is 1. The van der Waals surface area contributed by atoms with E-state index in [1.54, 1.807) is 6.20 Å². The van der Waals surface area contributed by atoms with Crippen molar-refractivity contribution in [2.45, 2.75) is 18.9 Å². The molecular weight excluding hydrogens is 490 g/mol. The summed E-state index contributed by atoms with van der Waals surface area (Å²) >= 11 is 0. The Bertz CT molecular complexity index is 1660. The molecule has 1 aliphatic rings. The van der Waals surface area contributed by atoms with Crippen molar-refractivity contribution in [2.75, 3.05) is 31.2 Å². The maximum absolute atomic E-state index is 11.7. The summed E-state index contributed by atoms with van der Waals surface area (Å²) in [6.45, 7) is 5.62. The Balaban J connectivity index is 1.40. The first kappa shape index (κ1) is 24.5. The zero-order chi connectivity index (χ0) is 26.9. The molecule has 0 aliphatic carbocycles. The number of fused-ring (bicyclic) bond motifs is 1. The summed E-state index contributed by atoms with van der Waals surface area (Å²) in [4.78, 5) is 28.4. The molecule has 0 spiro atoms. The van der Waals surface area contributed by atoms with Crippen LogP contribution in [0.4, 0.5) is 11.5 Å². The Labute approximate surface area is 225 Å². The molecule has 0 atom stereocenters. The van der Waals surface area contributed by atoms with Crippen LogP contribution in [0.3, 0.4) is 0 Å². The second-order valence-corrected chi connectivity index (χ2v) is 9.73. The highest BCUT2D eigenvalue weighted by Gasteiger charge is 2.22. The summed E-state index contributed by atoms with van der Waals surface area (Å²) in [6.07, 6.45) is 8.92. The minimum Gasteiger partial charge on any atom is -0.382 e. The van der Waals surface area contributed by atoms with E-state index in [-0.39, 0.29) is 11.7 Å². The summed E-state index contributed by atoms with van der Waals surface area (Å²) in [5.41, 5.74) is 11.6. The number of aromatic nitrogens is 6. The van der Waals surface area contributed by atoms with Gasteiger partial charge in [0.2, 0.25) is 5.91 Å². The predicted molar refractivity (Wildman–Crippen MR) is 152 cm³/mol. The number of carbonyl (C=O) groups excluding carboxylic acids is 1. The van der Waals surface area contributed by atoms with E-state index in [9.17, 15) is 4.79 Å². The number of carbonyl (C=O) groups is 1. The molecule has 10 nitrogen and oxygen atoms in total. The van der Waals surface area contributed by atoms with E-state index in [0.29, 0.717) is 28.9 Å². The van der Waals surface area contributed by atoms with Gasteiger partial charge in [-0.25, -0.2) is 15.0 Å². The van der Waals surface area contributed by atoms with Crippen molar-refractivity contribution in [3.05, 3.63) is 79.8 Å². The molecule has 0 unspecified atom stereocenters. The van der Waals surface area contributed by atoms with Crippen molar-refractivity contribution in [2.24, 2.45) is 0 Å². The Morgan fingerprint density at radius 1 is 1.08 bits per heavy atom. The number of amides is 1. The van der Waals surface area contributed by atoms with Gasteiger partial charge in [-0.15, -0.1) is 0 Å². The number of hydrogen-bond acceptors (Lipinski definition) is 7. The number of rotatable bonds is 6. The number of nitrogens with zero attached hydrogens (tertiary/aromatic N) is 7. The molecule has 1 amide bonds. The molecule has 4 heterocycles. The van der Waals surface area contributed by atoms with Crippen molar-refractivity contribution in [3.63, 3.8) is 0 Å². The molecule has 6 rings (SSSR count). The summed E-state index contributed by atoms with van der Waals surface area (Å²) in [7, 11) is 2.15. The van der Waals surface area contributed by atoms with Gasteiger partial charge in [-0.3, -0.25) is 14.0 Å². The van der Waals surface area contributed by atoms with E-state index in [0.717, 1.165) is 48.2 Å². The van der Waals surface area contributed by atoms with Crippen LogP contribution in [0.15, 0.2) is 79.8 Å². The maximum atomic E-state index is 11.7. The van der Waals surface area contributed by atoms with Crippen LogP contribution in [0.2, 0.25) is 0 Å². The maximum Gasteiger partial charge on any atom is 0.247 e. The Morgan fingerprint density at radius 2 is 1.85 bits per heavy atom. The van der Waals surface area contributed by atoms with Gasteiger partial charge in [-0.05, 0) is 75.5 Å². The van der Waals surface area contributed by atoms with Crippen LogP contribution in [-0.4, -0.2) is 60.2 Å². The highest BCUT2D eigenvalue weighted by molar-refractivity contribution is 5.99. The van der Waals surface area contributed by atoms with Gasteiger partial charge in [-0.2, -0.15) is 5.10 Å². The van der Waals surface area contributed by atoms with Gasteiger partial charge in [0.05, 0.1) is 35.2 Å². The van der Waals surface area contributed by atoms with Gasteiger partial charge in [0.1, 0.15) is 5.69 Å². The first-order valence-electron chi connectivity index (χ1n) is 12.9. The number of benzene rings is 2. The van der Waals surface area contributed by atoms with Gasteiger partial charge in [0, 0.05) is 23.1 Å². The van der Waals surface area contributed by atoms with Gasteiger partial charge in [-0.1, -0.05) is 18.7 Å². The van der Waals surface area contributed by atoms with E-state index in [1.807, 2.05) is 70.2 Å². The van der Waals surface area contributed by atoms with E-state index in [4.69, 9.17) is 15.7 Å². The Morgan fingerprint density at radius 3 is 2.62 bits per heavy atom. The molecule has 5 aromatic rings. The number of para-hydroxylation sites is 2. The Kier molecular flexibility index (Phi) is 6.37. The number of nitrogen functional groups attached to an aromatic ring is 1. The highest BCUT2D eigenvalue weighted by atomic mass is 16.1. The van der Waals surface area contributed by atoms with E-state index in [2.05, 4.69) is 33.9 Å². The predicted octanol–water partition coefficient (Wildman–Crippen LogP) is 4.32. The lowest BCUT2D eigenvalue weighted by Crippen LogP contribution is -2.31. The first-order valence-corrected chi connectivity index (χ1v) is 12.9. The lowest BCUT2D eigenvalue weighted by atomic mass is 10.1. The number of likely N-dealkylation sites (tertiary alicyclic amines) is 1. The Hall–Kier alpha value is -4.83. The second-order valence-electron chi connectivity index (χ2n) is 9.73. The molecule has 0 radical (unpaired) electrons. The summed E-state index contributed by atoms with van der Waals surface area (Å²) < 4.78 is 4.04. The van der Waals surface area contributed by atoms with Crippen molar-refractivity contribution >= 4 is 28.4 Å². The average molecular weight is 520 g/mol. The summed E-state index contributed by atoms with van der Waals surface area (Å²) in [6, 6.07) is 15.7. The second kappa shape index (κ2) is 10.1. The molecule has 1 fully saturated rings. The monoisotopic (exact) mass is 519 g/mol. The zero-order valence-corrected chi connectivity index (χ0v) is 21.7. The number of piperidine rings is 1. The van der Waals surface area contributed by atoms with Crippen LogP contribution in [0.1, 0.15) is 18.9 Å². The molecule has 196 valence electrons. The van der Waals surface area contributed by atoms with Gasteiger partial charge in [0.15, 0.2) is 11.6 Å². The smallest absolute Gasteiger partial charge is 0.247 e. The van der Waals surface area contributed by atoms with Crippen molar-refractivity contribution in [1.29, 1.82) is 0 Å². The quantitative estimate of drug-likeness (QED) is 0.321. The molecule has 3 N–H and O–H groups in total. The zero-order valence-electron chi connectivity index (χ0n) is 21.7. The number of nitrogens with one attached hydrogen (secondary N) is 1. The van der Waals surface area contributed by atoms with E-state index >= 15 is 0 Å². The van der Waals surface area contributed by atoms with Crippen molar-refractivity contribution in [3.8, 4) is 28.5 Å². The lowest BCUT2D eigenvalue weighted by molar-refractivity contribution is -0.111. The summed E-state index contributed by atoms with van der Waals surface area (Å²) in [5, 5.41) is 7.42. The standard InChI is InChI=1S/C29H29N9O/c1-3-26(39)33-20-8-10-22(11-9-20)38-25-7-5-4-6-23(25)35-29(38)27-28(30)31-17-24(34-27)19-16-32-37(18-19)21-12-14-36(2)15-13-21/h3-11,16-18,21H,1,12-15H2,2H3,(H2,30,31)(H,33,39). The third-order valence-electron chi connectivity index (χ3n) is 7.11. The van der Waals surface area contributed by atoms with Crippen LogP contribution >= 0.6 is 0 Å². The molecule has 10 heteroatoms. The van der Waals surface area contributed by atoms with Crippen LogP contribution in [-0.2, 0) is 4.79 Å². The SMILES string of the molecule is C=CC(=O)Nc1ccc(-n2c(-c3nc(-c4cnn(C5CCN(C)CC5)c4)cnc3N)nc3ccccc32)cc1. The lowest BCUT2D eigenvalue weighted by Gasteiger charge is -2.28. The van der Waals surface area contributed by atoms with Gasteiger partial charge < -0.3 is 16.0 Å². The van der Waals surface area contributed by atoms with Gasteiger partial charge in [0.25, 0.3) is 0 Å². The fourth-order valence-corrected chi connectivity index (χ4v) is 4.96. The molecule has 1 saturated heterocycles. The third-order valence-corrected chi connectivity index (χ3v) is 7.11. The number of imidazole rings is 1. The van der Waals surface area contributed by atoms with Crippen LogP contribution in [0.25, 0.3) is 39.5 Å². The average Bonchev–Trinajstić information content (AvgIpc) is 3.60. The minimum atomic E-state index is -0.268. The molecule has 0 saturated carbocycles. The highest BCUT2D eigenvalue weighted by Crippen LogP contribution is 2.32. The summed E-state index contributed by atoms with van der Waals surface area (Å²) in [5.74, 6) is 0.594. The van der Waals surface area contributed by atoms with Crippen molar-refractivity contribution in [1.82, 2.24) is 34.2 Å². The van der Waals surface area contributed by atoms with E-state index in [1.165, 1.54) is 6.08 Å². The fourth-order valence-electron chi connectivity index (χ4n) is 4.96. The van der Waals surface area contributed by atoms with Gasteiger partial charge >= 0.3 is 0 Å². The molecule has 2 aromatic carbocycles. The van der Waals surface area contributed by atoms with E-state index < -0.39 is 0 Å². The molecule has 0 bridgehead atoms. The number of hydrogen-bond donors (Lipinski definition) is 2. The molecule has 3 aromatic heterocycles. The topological polar surface area (TPSA) is 120 Å². The third kappa shape index (κ3) is 4.77. The van der Waals surface area contributed by atoms with Crippen molar-refractivity contribution < 1.29 is 4.79 Å². The van der Waals surface area contributed by atoms with Crippen LogP contribution in [0.5, 0.6) is 0 Å². The normalized spacial score (nSPS) is 14.5. The molecule has 39 heavy (non-hydrogen) atoms. The largest absolute Gasteiger partial charge is 0.382 e. The molecular formula is C29H29N9O. The fraction of sp³-hybridized carbons (Fsp3) is 0.207. The minimum absolute atomic E-state index is 0.268.